The molecular formula is C24H19N3O5. The average molecular weight is 429 g/mol. The van der Waals surface area contributed by atoms with E-state index in [9.17, 15) is 24.6 Å². The molecule has 0 unspecified atom stereocenters. The van der Waals surface area contributed by atoms with E-state index < -0.39 is 17.8 Å². The molecule has 8 heteroatoms. The summed E-state index contributed by atoms with van der Waals surface area (Å²) in [6.45, 7) is 3.85. The highest BCUT2D eigenvalue weighted by Gasteiger charge is 2.22. The second-order valence-corrected chi connectivity index (χ2v) is 7.47. The molecule has 0 aliphatic rings. The van der Waals surface area contributed by atoms with Crippen molar-refractivity contribution in [1.29, 1.82) is 0 Å². The molecule has 0 aliphatic carbocycles. The number of hydrogen-bond donors (Lipinski definition) is 3. The van der Waals surface area contributed by atoms with E-state index >= 15 is 0 Å². The second kappa shape index (κ2) is 7.99. The first-order chi connectivity index (χ1) is 15.2. The smallest absolute Gasteiger partial charge is 0.335 e. The Morgan fingerprint density at radius 2 is 1.44 bits per heavy atom. The third-order valence-electron chi connectivity index (χ3n) is 4.99. The molecule has 32 heavy (non-hydrogen) atoms. The maximum Gasteiger partial charge on any atom is 0.335 e. The molecule has 0 radical (unpaired) electrons. The minimum atomic E-state index is -1.30. The van der Waals surface area contributed by atoms with Crippen LogP contribution in [0.4, 0.5) is 5.69 Å². The van der Waals surface area contributed by atoms with Crippen molar-refractivity contribution in [2.75, 3.05) is 5.32 Å². The van der Waals surface area contributed by atoms with Gasteiger partial charge < -0.3 is 15.5 Å². The summed E-state index contributed by atoms with van der Waals surface area (Å²) >= 11 is 0. The minimum absolute atomic E-state index is 0.0600. The van der Waals surface area contributed by atoms with E-state index in [1.165, 1.54) is 12.1 Å². The van der Waals surface area contributed by atoms with Crippen molar-refractivity contribution in [3.8, 4) is 11.3 Å². The van der Waals surface area contributed by atoms with Crippen LogP contribution in [0.25, 0.3) is 16.9 Å². The molecule has 2 aromatic heterocycles. The Morgan fingerprint density at radius 3 is 2.03 bits per heavy atom. The van der Waals surface area contributed by atoms with Crippen LogP contribution in [0, 0.1) is 13.8 Å². The Morgan fingerprint density at radius 1 is 0.844 bits per heavy atom. The van der Waals surface area contributed by atoms with Crippen LogP contribution in [0.15, 0.2) is 60.8 Å². The molecule has 160 valence electrons. The van der Waals surface area contributed by atoms with Crippen molar-refractivity contribution in [1.82, 2.24) is 9.38 Å². The van der Waals surface area contributed by atoms with Crippen LogP contribution in [0.2, 0.25) is 0 Å². The maximum atomic E-state index is 13.4. The van der Waals surface area contributed by atoms with Crippen molar-refractivity contribution in [3.05, 3.63) is 88.7 Å². The number of pyridine rings is 1. The summed E-state index contributed by atoms with van der Waals surface area (Å²) in [5.74, 6) is -3.14. The topological polar surface area (TPSA) is 121 Å². The van der Waals surface area contributed by atoms with E-state index in [1.54, 1.807) is 16.7 Å². The Kier molecular flexibility index (Phi) is 5.19. The van der Waals surface area contributed by atoms with Crippen LogP contribution in [-0.2, 0) is 0 Å². The van der Waals surface area contributed by atoms with Gasteiger partial charge >= 0.3 is 11.9 Å². The van der Waals surface area contributed by atoms with Gasteiger partial charge in [-0.3, -0.25) is 9.20 Å². The summed E-state index contributed by atoms with van der Waals surface area (Å²) in [5.41, 5.74) is 3.58. The number of nitrogens with zero attached hydrogens (tertiary/aromatic N) is 2. The zero-order valence-electron chi connectivity index (χ0n) is 17.3. The summed E-state index contributed by atoms with van der Waals surface area (Å²) in [6.07, 6.45) is 1.78. The highest BCUT2D eigenvalue weighted by molar-refractivity contribution is 6.08. The van der Waals surface area contributed by atoms with Crippen molar-refractivity contribution in [2.24, 2.45) is 0 Å². The highest BCUT2D eigenvalue weighted by Crippen LogP contribution is 2.27. The first-order valence-electron chi connectivity index (χ1n) is 9.71. The average Bonchev–Trinajstić information content (AvgIpc) is 3.12. The molecule has 0 fully saturated rings. The molecule has 4 rings (SSSR count). The fraction of sp³-hybridized carbons (Fsp3) is 0.0833. The van der Waals surface area contributed by atoms with Crippen LogP contribution in [0.5, 0.6) is 0 Å². The van der Waals surface area contributed by atoms with Crippen LogP contribution < -0.4 is 5.32 Å². The van der Waals surface area contributed by atoms with Gasteiger partial charge in [0, 0.05) is 17.4 Å². The van der Waals surface area contributed by atoms with Gasteiger partial charge in [-0.25, -0.2) is 14.6 Å². The molecular weight excluding hydrogens is 410 g/mol. The van der Waals surface area contributed by atoms with Crippen LogP contribution in [-0.4, -0.2) is 37.4 Å². The summed E-state index contributed by atoms with van der Waals surface area (Å²) in [6, 6.07) is 14.7. The normalized spacial score (nSPS) is 10.8. The van der Waals surface area contributed by atoms with Crippen molar-refractivity contribution in [3.63, 3.8) is 0 Å². The Labute approximate surface area is 182 Å². The molecule has 1 amide bonds. The molecule has 0 saturated carbocycles. The molecule has 4 aromatic rings. The zero-order valence-corrected chi connectivity index (χ0v) is 17.3. The molecule has 2 heterocycles. The number of carboxylic acid groups (broad SMARTS) is 2. The highest BCUT2D eigenvalue weighted by atomic mass is 16.4. The molecule has 0 spiro atoms. The number of carbonyl (C=O) groups is 3. The van der Waals surface area contributed by atoms with Gasteiger partial charge in [-0.2, -0.15) is 0 Å². The van der Waals surface area contributed by atoms with Gasteiger partial charge in [-0.1, -0.05) is 35.9 Å². The Balaban J connectivity index is 1.84. The van der Waals surface area contributed by atoms with E-state index in [4.69, 9.17) is 0 Å². The Bertz CT molecular complexity index is 1350. The van der Waals surface area contributed by atoms with Crippen molar-refractivity contribution >= 4 is 29.2 Å². The fourth-order valence-electron chi connectivity index (χ4n) is 3.42. The first kappa shape index (κ1) is 20.8. The monoisotopic (exact) mass is 429 g/mol. The van der Waals surface area contributed by atoms with Gasteiger partial charge in [0.1, 0.15) is 17.0 Å². The largest absolute Gasteiger partial charge is 0.478 e. The summed E-state index contributed by atoms with van der Waals surface area (Å²) in [7, 11) is 0. The second-order valence-electron chi connectivity index (χ2n) is 7.47. The molecule has 8 nitrogen and oxygen atoms in total. The van der Waals surface area contributed by atoms with E-state index in [-0.39, 0.29) is 22.5 Å². The van der Waals surface area contributed by atoms with E-state index in [0.717, 1.165) is 22.8 Å². The predicted molar refractivity (Wildman–Crippen MR) is 118 cm³/mol. The number of carboxylic acids is 2. The molecule has 0 bridgehead atoms. The molecule has 0 saturated heterocycles. The van der Waals surface area contributed by atoms with Crippen LogP contribution >= 0.6 is 0 Å². The number of fused-ring (bicyclic) bond motifs is 1. The number of benzene rings is 2. The Hall–Kier alpha value is -4.46. The first-order valence-corrected chi connectivity index (χ1v) is 9.71. The lowest BCUT2D eigenvalue weighted by atomic mass is 10.1. The third-order valence-corrected chi connectivity index (χ3v) is 4.99. The number of carbonyl (C=O) groups excluding carboxylic acids is 1. The number of aromatic nitrogens is 2. The molecule has 0 aliphatic heterocycles. The van der Waals surface area contributed by atoms with E-state index in [1.807, 2.05) is 44.2 Å². The molecule has 3 N–H and O–H groups in total. The lowest BCUT2D eigenvalue weighted by Crippen LogP contribution is -2.16. The number of imidazole rings is 1. The summed E-state index contributed by atoms with van der Waals surface area (Å²) < 4.78 is 1.67. The molecule has 2 aromatic carbocycles. The van der Waals surface area contributed by atoms with Crippen molar-refractivity contribution in [2.45, 2.75) is 13.8 Å². The SMILES string of the molecule is Cc1ccc(-c2nc3ccc(C)cn3c2C(=O)Nc2cc(C(=O)O)cc(C(=O)O)c2)cc1. The number of anilines is 1. The number of aryl methyl sites for hydroxylation is 2. The summed E-state index contributed by atoms with van der Waals surface area (Å²) in [5, 5.41) is 21.2. The van der Waals surface area contributed by atoms with Gasteiger partial charge in [0.25, 0.3) is 5.91 Å². The number of hydrogen-bond acceptors (Lipinski definition) is 4. The van der Waals surface area contributed by atoms with Gasteiger partial charge in [-0.05, 0) is 43.7 Å². The number of nitrogens with one attached hydrogen (secondary N) is 1. The standard InChI is InChI=1S/C24H19N3O5/c1-13-3-6-15(7-4-13)20-21(27-12-14(2)5-8-19(27)26-20)22(28)25-18-10-16(23(29)30)9-17(11-18)24(31)32/h3-12H,1-2H3,(H,25,28)(H,29,30)(H,31,32). The van der Waals surface area contributed by atoms with Gasteiger partial charge in [-0.15, -0.1) is 0 Å². The lowest BCUT2D eigenvalue weighted by Gasteiger charge is -2.10. The maximum absolute atomic E-state index is 13.4. The quantitative estimate of drug-likeness (QED) is 0.436. The minimum Gasteiger partial charge on any atom is -0.478 e. The number of rotatable bonds is 5. The van der Waals surface area contributed by atoms with Gasteiger partial charge in [0.05, 0.1) is 11.1 Å². The molecule has 0 atom stereocenters. The lowest BCUT2D eigenvalue weighted by molar-refractivity contribution is 0.0696. The number of amides is 1. The third kappa shape index (κ3) is 3.93. The number of aromatic carboxylic acids is 2. The fourth-order valence-corrected chi connectivity index (χ4v) is 3.42. The van der Waals surface area contributed by atoms with Gasteiger partial charge in [0.15, 0.2) is 0 Å². The van der Waals surface area contributed by atoms with Crippen molar-refractivity contribution < 1.29 is 24.6 Å². The van der Waals surface area contributed by atoms with Crippen LogP contribution in [0.3, 0.4) is 0 Å². The predicted octanol–water partition coefficient (Wildman–Crippen LogP) is 4.27. The summed E-state index contributed by atoms with van der Waals surface area (Å²) in [4.78, 5) is 40.8. The van der Waals surface area contributed by atoms with E-state index in [2.05, 4.69) is 10.3 Å². The van der Waals surface area contributed by atoms with E-state index in [0.29, 0.717) is 11.3 Å². The zero-order chi connectivity index (χ0) is 23.0. The van der Waals surface area contributed by atoms with Gasteiger partial charge in [0.2, 0.25) is 0 Å². The van der Waals surface area contributed by atoms with Crippen LogP contribution in [0.1, 0.15) is 42.3 Å².